The van der Waals surface area contributed by atoms with Crippen molar-refractivity contribution in [3.05, 3.63) is 71.9 Å². The lowest BCUT2D eigenvalue weighted by Gasteiger charge is -2.17. The molecule has 2 heterocycles. The minimum atomic E-state index is -0.157. The summed E-state index contributed by atoms with van der Waals surface area (Å²) in [6, 6.07) is 19.8. The summed E-state index contributed by atoms with van der Waals surface area (Å²) in [6.07, 6.45) is 2.26. The van der Waals surface area contributed by atoms with Gasteiger partial charge in [0.2, 0.25) is 5.91 Å². The number of benzene rings is 2. The lowest BCUT2D eigenvalue weighted by Crippen LogP contribution is -2.37. The Labute approximate surface area is 158 Å². The van der Waals surface area contributed by atoms with Crippen molar-refractivity contribution in [1.82, 2.24) is 15.2 Å². The van der Waals surface area contributed by atoms with E-state index in [4.69, 9.17) is 0 Å². The Morgan fingerprint density at radius 1 is 1.11 bits per heavy atom. The zero-order chi connectivity index (χ0) is 18.6. The number of nitrogens with one attached hydrogen (secondary N) is 2. The molecule has 0 aliphatic carbocycles. The van der Waals surface area contributed by atoms with Gasteiger partial charge >= 0.3 is 0 Å². The summed E-state index contributed by atoms with van der Waals surface area (Å²) >= 11 is 0. The van der Waals surface area contributed by atoms with E-state index in [0.29, 0.717) is 18.7 Å². The molecule has 0 bridgehead atoms. The molecule has 1 atom stereocenters. The first-order valence-electron chi connectivity index (χ1n) is 9.39. The van der Waals surface area contributed by atoms with Gasteiger partial charge in [0.25, 0.3) is 5.91 Å². The predicted molar refractivity (Wildman–Crippen MR) is 106 cm³/mol. The summed E-state index contributed by atoms with van der Waals surface area (Å²) in [5.41, 5.74) is 2.76. The van der Waals surface area contributed by atoms with Crippen molar-refractivity contribution in [2.24, 2.45) is 0 Å². The van der Waals surface area contributed by atoms with E-state index >= 15 is 0 Å². The van der Waals surface area contributed by atoms with Gasteiger partial charge in [0.05, 0.1) is 6.04 Å². The fraction of sp³-hybridized carbons (Fsp3) is 0.273. The monoisotopic (exact) mass is 361 g/mol. The highest BCUT2D eigenvalue weighted by atomic mass is 16.2. The number of aryl methyl sites for hydroxylation is 1. The maximum Gasteiger partial charge on any atom is 0.268 e. The number of carbonyl (C=O) groups is 2. The molecule has 1 saturated heterocycles. The highest BCUT2D eigenvalue weighted by Crippen LogP contribution is 2.16. The first-order chi connectivity index (χ1) is 13.2. The summed E-state index contributed by atoms with van der Waals surface area (Å²) < 4.78 is 0. The van der Waals surface area contributed by atoms with E-state index < -0.39 is 0 Å². The van der Waals surface area contributed by atoms with E-state index in [0.717, 1.165) is 30.3 Å². The molecule has 5 nitrogen and oxygen atoms in total. The van der Waals surface area contributed by atoms with Crippen LogP contribution in [-0.2, 0) is 11.2 Å². The third kappa shape index (κ3) is 4.03. The molecule has 138 valence electrons. The van der Waals surface area contributed by atoms with Crippen molar-refractivity contribution < 1.29 is 9.59 Å². The van der Waals surface area contributed by atoms with Gasteiger partial charge < -0.3 is 15.2 Å². The van der Waals surface area contributed by atoms with E-state index in [1.54, 1.807) is 0 Å². The molecule has 0 saturated carbocycles. The van der Waals surface area contributed by atoms with Crippen LogP contribution in [0.15, 0.2) is 60.7 Å². The molecule has 3 aromatic rings. The molecule has 1 aliphatic heterocycles. The van der Waals surface area contributed by atoms with Gasteiger partial charge in [0.15, 0.2) is 0 Å². The summed E-state index contributed by atoms with van der Waals surface area (Å²) in [5, 5.41) is 4.00. The average molecular weight is 361 g/mol. The number of hydrogen-bond donors (Lipinski definition) is 2. The quantitative estimate of drug-likeness (QED) is 0.708. The first-order valence-corrected chi connectivity index (χ1v) is 9.39. The van der Waals surface area contributed by atoms with Crippen LogP contribution >= 0.6 is 0 Å². The molecule has 27 heavy (non-hydrogen) atoms. The average Bonchev–Trinajstić information content (AvgIpc) is 3.26. The predicted octanol–water partition coefficient (Wildman–Crippen LogP) is 3.13. The highest BCUT2D eigenvalue weighted by Gasteiger charge is 2.30. The Morgan fingerprint density at radius 2 is 1.89 bits per heavy atom. The number of amides is 2. The van der Waals surface area contributed by atoms with Crippen molar-refractivity contribution in [1.29, 1.82) is 0 Å². The summed E-state index contributed by atoms with van der Waals surface area (Å²) in [4.78, 5) is 29.8. The van der Waals surface area contributed by atoms with Crippen molar-refractivity contribution in [3.63, 3.8) is 0 Å². The van der Waals surface area contributed by atoms with Crippen LogP contribution in [0.5, 0.6) is 0 Å². The number of rotatable bonds is 6. The van der Waals surface area contributed by atoms with Gasteiger partial charge in [-0.3, -0.25) is 9.59 Å². The number of nitrogens with zero attached hydrogens (tertiary/aromatic N) is 1. The van der Waals surface area contributed by atoms with Gasteiger partial charge in [-0.2, -0.15) is 0 Å². The second-order valence-electron chi connectivity index (χ2n) is 7.07. The van der Waals surface area contributed by atoms with Crippen LogP contribution in [0.4, 0.5) is 0 Å². The SMILES string of the molecule is O=C(N[C@H]1CC(=O)N(CCCc2ccccc2)C1)c1cc2ccccc2[nH]1. The third-order valence-corrected chi connectivity index (χ3v) is 5.06. The zero-order valence-corrected chi connectivity index (χ0v) is 15.2. The second-order valence-corrected chi connectivity index (χ2v) is 7.07. The number of aromatic amines is 1. The van der Waals surface area contributed by atoms with Crippen LogP contribution in [0, 0.1) is 0 Å². The molecule has 0 unspecified atom stereocenters. The molecule has 2 N–H and O–H groups in total. The molecule has 4 rings (SSSR count). The molecule has 0 radical (unpaired) electrons. The largest absolute Gasteiger partial charge is 0.351 e. The first kappa shape index (κ1) is 17.3. The van der Waals surface area contributed by atoms with Gasteiger partial charge in [-0.15, -0.1) is 0 Å². The van der Waals surface area contributed by atoms with Crippen molar-refractivity contribution >= 4 is 22.7 Å². The van der Waals surface area contributed by atoms with E-state index in [1.807, 2.05) is 53.4 Å². The zero-order valence-electron chi connectivity index (χ0n) is 15.2. The van der Waals surface area contributed by atoms with E-state index in [2.05, 4.69) is 22.4 Å². The number of fused-ring (bicyclic) bond motifs is 1. The Morgan fingerprint density at radius 3 is 2.70 bits per heavy atom. The molecule has 1 aromatic heterocycles. The van der Waals surface area contributed by atoms with Crippen LogP contribution in [0.2, 0.25) is 0 Å². The standard InChI is InChI=1S/C22H23N3O2/c26-21-14-18(15-25(21)12-6-9-16-7-2-1-3-8-16)23-22(27)20-13-17-10-4-5-11-19(17)24-20/h1-5,7-8,10-11,13,18,24H,6,9,12,14-15H2,(H,23,27)/t18-/m0/s1. The van der Waals surface area contributed by atoms with Gasteiger partial charge in [0.1, 0.15) is 5.69 Å². The number of H-pyrrole nitrogens is 1. The summed E-state index contributed by atoms with van der Waals surface area (Å²) in [7, 11) is 0. The topological polar surface area (TPSA) is 65.2 Å². The molecule has 2 aromatic carbocycles. The van der Waals surface area contributed by atoms with Crippen LogP contribution in [-0.4, -0.2) is 40.8 Å². The van der Waals surface area contributed by atoms with Crippen LogP contribution < -0.4 is 5.32 Å². The van der Waals surface area contributed by atoms with Gasteiger partial charge in [-0.05, 0) is 30.5 Å². The molecule has 1 aliphatic rings. The fourth-order valence-corrected chi connectivity index (χ4v) is 3.66. The molecular weight excluding hydrogens is 338 g/mol. The van der Waals surface area contributed by atoms with Crippen molar-refractivity contribution in [2.75, 3.05) is 13.1 Å². The van der Waals surface area contributed by atoms with E-state index in [9.17, 15) is 9.59 Å². The number of likely N-dealkylation sites (tertiary alicyclic amines) is 1. The Hall–Kier alpha value is -3.08. The Balaban J connectivity index is 1.30. The minimum absolute atomic E-state index is 0.116. The number of para-hydroxylation sites is 1. The molecule has 2 amide bonds. The van der Waals surface area contributed by atoms with Gasteiger partial charge in [0, 0.05) is 30.4 Å². The Kier molecular flexibility index (Phi) is 4.92. The maximum atomic E-state index is 12.5. The van der Waals surface area contributed by atoms with E-state index in [-0.39, 0.29) is 17.9 Å². The molecular formula is C22H23N3O2. The minimum Gasteiger partial charge on any atom is -0.351 e. The maximum absolute atomic E-state index is 12.5. The number of carbonyl (C=O) groups excluding carboxylic acids is 2. The second kappa shape index (κ2) is 7.66. The summed E-state index contributed by atoms with van der Waals surface area (Å²) in [5.74, 6) is -0.0415. The number of hydrogen-bond acceptors (Lipinski definition) is 2. The molecule has 5 heteroatoms. The van der Waals surface area contributed by atoms with E-state index in [1.165, 1.54) is 5.56 Å². The molecule has 0 spiro atoms. The highest BCUT2D eigenvalue weighted by molar-refractivity contribution is 5.98. The van der Waals surface area contributed by atoms with Crippen molar-refractivity contribution in [2.45, 2.75) is 25.3 Å². The molecule has 1 fully saturated rings. The Bertz CT molecular complexity index is 915. The van der Waals surface area contributed by atoms with Crippen LogP contribution in [0.25, 0.3) is 10.9 Å². The third-order valence-electron chi connectivity index (χ3n) is 5.06. The fourth-order valence-electron chi connectivity index (χ4n) is 3.66. The van der Waals surface area contributed by atoms with Gasteiger partial charge in [-0.25, -0.2) is 0 Å². The lowest BCUT2D eigenvalue weighted by molar-refractivity contribution is -0.127. The lowest BCUT2D eigenvalue weighted by atomic mass is 10.1. The van der Waals surface area contributed by atoms with Crippen LogP contribution in [0.1, 0.15) is 28.9 Å². The normalized spacial score (nSPS) is 16.8. The number of aromatic nitrogens is 1. The van der Waals surface area contributed by atoms with Crippen molar-refractivity contribution in [3.8, 4) is 0 Å². The van der Waals surface area contributed by atoms with Gasteiger partial charge in [-0.1, -0.05) is 48.5 Å². The summed E-state index contributed by atoms with van der Waals surface area (Å²) in [6.45, 7) is 1.31. The smallest absolute Gasteiger partial charge is 0.268 e. The van der Waals surface area contributed by atoms with Crippen LogP contribution in [0.3, 0.4) is 0 Å².